The third-order valence-corrected chi connectivity index (χ3v) is 8.66. The fourth-order valence-electron chi connectivity index (χ4n) is 4.14. The number of rotatable bonds is 12. The molecule has 7 nitrogen and oxygen atoms in total. The molecule has 10 heteroatoms. The molecule has 1 atom stereocenters. The zero-order chi connectivity index (χ0) is 29.4. The van der Waals surface area contributed by atoms with Gasteiger partial charge in [-0.2, -0.15) is 0 Å². The van der Waals surface area contributed by atoms with E-state index >= 15 is 0 Å². The highest BCUT2D eigenvalue weighted by Gasteiger charge is 2.34. The second-order valence-electron chi connectivity index (χ2n) is 9.99. The van der Waals surface area contributed by atoms with Gasteiger partial charge in [0.1, 0.15) is 12.6 Å². The Labute approximate surface area is 247 Å². The summed E-state index contributed by atoms with van der Waals surface area (Å²) >= 11 is 12.7. The number of amides is 2. The molecule has 0 saturated heterocycles. The number of aryl methyl sites for hydroxylation is 1. The maximum atomic E-state index is 14.1. The smallest absolute Gasteiger partial charge is 0.264 e. The van der Waals surface area contributed by atoms with Crippen molar-refractivity contribution in [3.05, 3.63) is 94.0 Å². The molecule has 0 bridgehead atoms. The van der Waals surface area contributed by atoms with Crippen LogP contribution in [0, 0.1) is 12.8 Å². The Balaban J connectivity index is 2.07. The van der Waals surface area contributed by atoms with Crippen LogP contribution in [-0.4, -0.2) is 44.3 Å². The van der Waals surface area contributed by atoms with E-state index in [1.165, 1.54) is 29.2 Å². The highest BCUT2D eigenvalue weighted by molar-refractivity contribution is 7.92. The normalized spacial score (nSPS) is 12.2. The number of anilines is 1. The summed E-state index contributed by atoms with van der Waals surface area (Å²) in [6.45, 7) is 7.74. The summed E-state index contributed by atoms with van der Waals surface area (Å²) < 4.78 is 28.7. The minimum atomic E-state index is -4.23. The average molecular weight is 605 g/mol. The number of benzene rings is 3. The summed E-state index contributed by atoms with van der Waals surface area (Å²) in [4.78, 5) is 28.8. The Bertz CT molecular complexity index is 1410. The first kappa shape index (κ1) is 31.5. The van der Waals surface area contributed by atoms with Gasteiger partial charge in [-0.05, 0) is 55.2 Å². The lowest BCUT2D eigenvalue weighted by molar-refractivity contribution is -0.140. The maximum absolute atomic E-state index is 14.1. The van der Waals surface area contributed by atoms with Crippen LogP contribution in [0.2, 0.25) is 10.0 Å². The van der Waals surface area contributed by atoms with Gasteiger partial charge in [-0.15, -0.1) is 0 Å². The van der Waals surface area contributed by atoms with E-state index in [0.29, 0.717) is 13.0 Å². The molecule has 0 saturated carbocycles. The summed E-state index contributed by atoms with van der Waals surface area (Å²) in [7, 11) is -4.23. The van der Waals surface area contributed by atoms with Crippen molar-refractivity contribution >= 4 is 50.7 Å². The van der Waals surface area contributed by atoms with Crippen molar-refractivity contribution in [1.82, 2.24) is 10.2 Å². The minimum Gasteiger partial charge on any atom is -0.354 e. The van der Waals surface area contributed by atoms with E-state index in [0.717, 1.165) is 15.4 Å². The summed E-state index contributed by atoms with van der Waals surface area (Å²) in [5.41, 5.74) is 1.94. The molecular formula is C30H35Cl2N3O4S. The predicted octanol–water partition coefficient (Wildman–Crippen LogP) is 6.08. The van der Waals surface area contributed by atoms with Gasteiger partial charge in [0.15, 0.2) is 0 Å². The Morgan fingerprint density at radius 1 is 0.950 bits per heavy atom. The first-order valence-corrected chi connectivity index (χ1v) is 15.3. The SMILES string of the molecule is CC[C@H](C(=O)NCC(C)C)N(Cc1ccc(C)cc1)C(=O)CN(c1cc(Cl)ccc1Cl)S(=O)(=O)c1ccccc1. The van der Waals surface area contributed by atoms with Gasteiger partial charge in [-0.25, -0.2) is 8.42 Å². The molecule has 2 amide bonds. The standard InChI is InChI=1S/C30H35Cl2N3O4S/c1-5-27(30(37)33-18-21(2)3)34(19-23-13-11-22(4)12-14-23)29(36)20-35(28-17-24(31)15-16-26(28)32)40(38,39)25-9-7-6-8-10-25/h6-17,21,27H,5,18-20H2,1-4H3,(H,33,37)/t27-/m1/s1. The molecule has 0 unspecified atom stereocenters. The molecule has 0 aliphatic rings. The van der Waals surface area contributed by atoms with Gasteiger partial charge < -0.3 is 10.2 Å². The van der Waals surface area contributed by atoms with Gasteiger partial charge >= 0.3 is 0 Å². The highest BCUT2D eigenvalue weighted by atomic mass is 35.5. The third kappa shape index (κ3) is 7.99. The molecule has 0 aromatic heterocycles. The molecule has 0 aliphatic heterocycles. The molecule has 3 aromatic rings. The fraction of sp³-hybridized carbons (Fsp3) is 0.333. The number of sulfonamides is 1. The number of nitrogens with one attached hydrogen (secondary N) is 1. The lowest BCUT2D eigenvalue weighted by Gasteiger charge is -2.33. The van der Waals surface area contributed by atoms with Crippen molar-refractivity contribution in [2.75, 3.05) is 17.4 Å². The Kier molecular flexibility index (Phi) is 11.0. The molecule has 3 rings (SSSR count). The third-order valence-electron chi connectivity index (χ3n) is 6.33. The lowest BCUT2D eigenvalue weighted by atomic mass is 10.1. The van der Waals surface area contributed by atoms with Gasteiger partial charge in [0, 0.05) is 18.1 Å². The number of hydrogen-bond acceptors (Lipinski definition) is 4. The van der Waals surface area contributed by atoms with Crippen LogP contribution in [0.5, 0.6) is 0 Å². The molecule has 0 spiro atoms. The first-order chi connectivity index (χ1) is 18.9. The predicted molar refractivity (Wildman–Crippen MR) is 161 cm³/mol. The largest absolute Gasteiger partial charge is 0.354 e. The van der Waals surface area contributed by atoms with E-state index in [1.54, 1.807) is 24.3 Å². The van der Waals surface area contributed by atoms with Crippen LogP contribution in [0.3, 0.4) is 0 Å². The van der Waals surface area contributed by atoms with E-state index in [9.17, 15) is 18.0 Å². The van der Waals surface area contributed by atoms with Gasteiger partial charge in [0.05, 0.1) is 15.6 Å². The Hall–Kier alpha value is -3.07. The van der Waals surface area contributed by atoms with Gasteiger partial charge in [0.2, 0.25) is 11.8 Å². The van der Waals surface area contributed by atoms with E-state index in [-0.39, 0.29) is 39.0 Å². The number of nitrogens with zero attached hydrogens (tertiary/aromatic N) is 2. The second kappa shape index (κ2) is 14.0. The Morgan fingerprint density at radius 3 is 2.20 bits per heavy atom. The van der Waals surface area contributed by atoms with E-state index < -0.39 is 28.5 Å². The van der Waals surface area contributed by atoms with Gasteiger partial charge in [0.25, 0.3) is 10.0 Å². The van der Waals surface area contributed by atoms with Gasteiger partial charge in [-0.1, -0.05) is 92.0 Å². The summed E-state index contributed by atoms with van der Waals surface area (Å²) in [6.07, 6.45) is 0.338. The molecule has 40 heavy (non-hydrogen) atoms. The summed E-state index contributed by atoms with van der Waals surface area (Å²) in [5, 5.41) is 3.29. The topological polar surface area (TPSA) is 86.8 Å². The van der Waals surface area contributed by atoms with Crippen molar-refractivity contribution < 1.29 is 18.0 Å². The lowest BCUT2D eigenvalue weighted by Crippen LogP contribution is -2.52. The van der Waals surface area contributed by atoms with Crippen molar-refractivity contribution in [2.45, 2.75) is 51.6 Å². The molecule has 1 N–H and O–H groups in total. The van der Waals surface area contributed by atoms with Gasteiger partial charge in [-0.3, -0.25) is 13.9 Å². The first-order valence-electron chi connectivity index (χ1n) is 13.1. The maximum Gasteiger partial charge on any atom is 0.264 e. The summed E-state index contributed by atoms with van der Waals surface area (Å²) in [5.74, 6) is -0.628. The molecule has 0 aliphatic carbocycles. The molecule has 214 valence electrons. The highest BCUT2D eigenvalue weighted by Crippen LogP contribution is 2.33. The van der Waals surface area contributed by atoms with E-state index in [4.69, 9.17) is 23.2 Å². The fourth-order valence-corrected chi connectivity index (χ4v) is 6.02. The van der Waals surface area contributed by atoms with Crippen molar-refractivity contribution in [3.8, 4) is 0 Å². The molecule has 0 radical (unpaired) electrons. The van der Waals surface area contributed by atoms with Crippen LogP contribution in [0.25, 0.3) is 0 Å². The number of carbonyl (C=O) groups excluding carboxylic acids is 2. The second-order valence-corrected chi connectivity index (χ2v) is 12.7. The quantitative estimate of drug-likeness (QED) is 0.272. The van der Waals surface area contributed by atoms with Crippen LogP contribution >= 0.6 is 23.2 Å². The number of hydrogen-bond donors (Lipinski definition) is 1. The molecule has 0 heterocycles. The van der Waals surface area contributed by atoms with Crippen LogP contribution in [0.4, 0.5) is 5.69 Å². The van der Waals surface area contributed by atoms with Crippen molar-refractivity contribution in [3.63, 3.8) is 0 Å². The minimum absolute atomic E-state index is 0.00866. The van der Waals surface area contributed by atoms with Crippen LogP contribution in [-0.2, 0) is 26.2 Å². The van der Waals surface area contributed by atoms with Crippen molar-refractivity contribution in [1.29, 1.82) is 0 Å². The van der Waals surface area contributed by atoms with E-state index in [2.05, 4.69) is 5.32 Å². The Morgan fingerprint density at radius 2 is 1.60 bits per heavy atom. The average Bonchev–Trinajstić information content (AvgIpc) is 2.93. The molecular weight excluding hydrogens is 569 g/mol. The van der Waals surface area contributed by atoms with Crippen LogP contribution in [0.15, 0.2) is 77.7 Å². The summed E-state index contributed by atoms with van der Waals surface area (Å²) in [6, 6.07) is 19.0. The molecule has 3 aromatic carbocycles. The molecule has 0 fully saturated rings. The number of halogens is 2. The zero-order valence-corrected chi connectivity index (χ0v) is 25.4. The van der Waals surface area contributed by atoms with Crippen LogP contribution < -0.4 is 9.62 Å². The monoisotopic (exact) mass is 603 g/mol. The van der Waals surface area contributed by atoms with E-state index in [1.807, 2.05) is 52.0 Å². The zero-order valence-electron chi connectivity index (χ0n) is 23.1. The van der Waals surface area contributed by atoms with Crippen molar-refractivity contribution in [2.24, 2.45) is 5.92 Å². The number of carbonyl (C=O) groups is 2. The van der Waals surface area contributed by atoms with Crippen LogP contribution in [0.1, 0.15) is 38.3 Å².